The quantitative estimate of drug-likeness (QED) is 0.642. The summed E-state index contributed by atoms with van der Waals surface area (Å²) in [5.41, 5.74) is -1.34. The number of ether oxygens (including phenoxy) is 2. The zero-order chi connectivity index (χ0) is 14.5. The van der Waals surface area contributed by atoms with Gasteiger partial charge in [0.1, 0.15) is 0 Å². The summed E-state index contributed by atoms with van der Waals surface area (Å²) in [7, 11) is 0. The maximum Gasteiger partial charge on any atom is 0.354 e. The van der Waals surface area contributed by atoms with Crippen LogP contribution in [-0.4, -0.2) is 30.3 Å². The van der Waals surface area contributed by atoms with Crippen molar-refractivity contribution in [1.82, 2.24) is 0 Å². The number of hydrogen-bond acceptors (Lipinski definition) is 5. The van der Waals surface area contributed by atoms with Crippen LogP contribution in [0.15, 0.2) is 24.3 Å². The van der Waals surface area contributed by atoms with Crippen LogP contribution in [0.4, 0.5) is 0 Å². The Kier molecular flexibility index (Phi) is 5.06. The molecule has 0 aromatic heterocycles. The molecular formula is C14H18O5. The van der Waals surface area contributed by atoms with Crippen LogP contribution in [0.2, 0.25) is 0 Å². The highest BCUT2D eigenvalue weighted by atomic mass is 16.6. The fourth-order valence-corrected chi connectivity index (χ4v) is 1.58. The minimum absolute atomic E-state index is 0.0619. The van der Waals surface area contributed by atoms with Crippen molar-refractivity contribution in [3.05, 3.63) is 35.4 Å². The first-order valence-corrected chi connectivity index (χ1v) is 6.10. The molecule has 0 bridgehead atoms. The Labute approximate surface area is 112 Å². The Morgan fingerprint density at radius 1 is 1.05 bits per heavy atom. The fraction of sp³-hybridized carbons (Fsp3) is 0.429. The molecule has 1 rings (SSSR count). The fourth-order valence-electron chi connectivity index (χ4n) is 1.58. The summed E-state index contributed by atoms with van der Waals surface area (Å²) in [5, 5.41) is 10.4. The minimum Gasteiger partial charge on any atom is -0.463 e. The Balaban J connectivity index is 3.21. The van der Waals surface area contributed by atoms with E-state index in [1.807, 2.05) is 6.92 Å². The largest absolute Gasteiger partial charge is 0.463 e. The van der Waals surface area contributed by atoms with Gasteiger partial charge in [-0.2, -0.15) is 0 Å². The number of hydrogen-bond donors (Lipinski definition) is 1. The van der Waals surface area contributed by atoms with Gasteiger partial charge in [0.25, 0.3) is 5.60 Å². The second kappa shape index (κ2) is 6.33. The van der Waals surface area contributed by atoms with Gasteiger partial charge in [0.05, 0.1) is 13.2 Å². The molecule has 104 valence electrons. The summed E-state index contributed by atoms with van der Waals surface area (Å²) >= 11 is 0. The predicted molar refractivity (Wildman–Crippen MR) is 68.3 cm³/mol. The van der Waals surface area contributed by atoms with Gasteiger partial charge in [-0.1, -0.05) is 29.8 Å². The maximum atomic E-state index is 11.9. The normalized spacial score (nSPS) is 10.9. The third kappa shape index (κ3) is 3.12. The number of benzene rings is 1. The lowest BCUT2D eigenvalue weighted by atomic mass is 9.93. The van der Waals surface area contributed by atoms with Crippen molar-refractivity contribution in [3.63, 3.8) is 0 Å². The molecule has 0 heterocycles. The van der Waals surface area contributed by atoms with E-state index in [0.717, 1.165) is 5.56 Å². The zero-order valence-corrected chi connectivity index (χ0v) is 11.3. The minimum atomic E-state index is -2.42. The molecule has 5 heteroatoms. The highest BCUT2D eigenvalue weighted by Crippen LogP contribution is 2.25. The van der Waals surface area contributed by atoms with Gasteiger partial charge in [0.2, 0.25) is 0 Å². The highest BCUT2D eigenvalue weighted by Gasteiger charge is 2.49. The van der Waals surface area contributed by atoms with E-state index >= 15 is 0 Å². The summed E-state index contributed by atoms with van der Waals surface area (Å²) in [4.78, 5) is 23.8. The van der Waals surface area contributed by atoms with Crippen LogP contribution < -0.4 is 0 Å². The van der Waals surface area contributed by atoms with Crippen LogP contribution in [0.25, 0.3) is 0 Å². The molecule has 0 aliphatic heterocycles. The lowest BCUT2D eigenvalue weighted by molar-refractivity contribution is -0.184. The molecule has 0 radical (unpaired) electrons. The van der Waals surface area contributed by atoms with Gasteiger partial charge in [-0.3, -0.25) is 0 Å². The van der Waals surface area contributed by atoms with Gasteiger partial charge in [-0.25, -0.2) is 9.59 Å². The van der Waals surface area contributed by atoms with E-state index in [1.165, 1.54) is 12.1 Å². The number of carbonyl (C=O) groups excluding carboxylic acids is 2. The Morgan fingerprint density at radius 2 is 1.47 bits per heavy atom. The average Bonchev–Trinajstić information content (AvgIpc) is 2.39. The van der Waals surface area contributed by atoms with Crippen molar-refractivity contribution in [2.45, 2.75) is 26.4 Å². The molecule has 0 unspecified atom stereocenters. The van der Waals surface area contributed by atoms with E-state index in [-0.39, 0.29) is 18.8 Å². The van der Waals surface area contributed by atoms with Crippen molar-refractivity contribution >= 4 is 11.9 Å². The molecule has 0 aliphatic carbocycles. The smallest absolute Gasteiger partial charge is 0.354 e. The second-order valence-corrected chi connectivity index (χ2v) is 4.02. The molecule has 1 aromatic carbocycles. The number of carbonyl (C=O) groups is 2. The van der Waals surface area contributed by atoms with Gasteiger partial charge in [-0.15, -0.1) is 0 Å². The molecule has 5 nitrogen and oxygen atoms in total. The number of aliphatic hydroxyl groups is 1. The Bertz CT molecular complexity index is 431. The third-order valence-corrected chi connectivity index (χ3v) is 2.61. The molecule has 0 fully saturated rings. The van der Waals surface area contributed by atoms with Crippen LogP contribution in [0, 0.1) is 6.92 Å². The molecule has 0 atom stereocenters. The number of esters is 2. The molecule has 1 aromatic rings. The van der Waals surface area contributed by atoms with Crippen LogP contribution in [0.1, 0.15) is 25.0 Å². The topological polar surface area (TPSA) is 72.8 Å². The first-order valence-electron chi connectivity index (χ1n) is 6.10. The van der Waals surface area contributed by atoms with E-state index in [0.29, 0.717) is 0 Å². The van der Waals surface area contributed by atoms with Gasteiger partial charge in [0, 0.05) is 5.56 Å². The standard InChI is InChI=1S/C14H18O5/c1-4-18-12(15)14(17,13(16)19-5-2)11-8-6-10(3)7-9-11/h6-9,17H,4-5H2,1-3H3. The Morgan fingerprint density at radius 3 is 1.84 bits per heavy atom. The SMILES string of the molecule is CCOC(=O)C(O)(C(=O)OCC)c1ccc(C)cc1. The summed E-state index contributed by atoms with van der Waals surface area (Å²) in [5.74, 6) is -2.06. The molecule has 1 N–H and O–H groups in total. The number of aryl methyl sites for hydroxylation is 1. The van der Waals surface area contributed by atoms with E-state index in [9.17, 15) is 14.7 Å². The van der Waals surface area contributed by atoms with Gasteiger partial charge < -0.3 is 14.6 Å². The molecular weight excluding hydrogens is 248 g/mol. The average molecular weight is 266 g/mol. The van der Waals surface area contributed by atoms with Crippen molar-refractivity contribution < 1.29 is 24.2 Å². The van der Waals surface area contributed by atoms with E-state index in [4.69, 9.17) is 9.47 Å². The third-order valence-electron chi connectivity index (χ3n) is 2.61. The monoisotopic (exact) mass is 266 g/mol. The molecule has 0 amide bonds. The first kappa shape index (κ1) is 15.2. The Hall–Kier alpha value is -1.88. The molecule has 0 aliphatic rings. The maximum absolute atomic E-state index is 11.9. The lowest BCUT2D eigenvalue weighted by Gasteiger charge is -2.24. The van der Waals surface area contributed by atoms with Crippen LogP contribution in [0.5, 0.6) is 0 Å². The van der Waals surface area contributed by atoms with E-state index in [1.54, 1.807) is 26.0 Å². The molecule has 0 saturated carbocycles. The van der Waals surface area contributed by atoms with Crippen molar-refractivity contribution in [2.24, 2.45) is 0 Å². The van der Waals surface area contributed by atoms with Crippen molar-refractivity contribution in [1.29, 1.82) is 0 Å². The molecule has 19 heavy (non-hydrogen) atoms. The molecule has 0 spiro atoms. The first-order chi connectivity index (χ1) is 8.96. The van der Waals surface area contributed by atoms with E-state index in [2.05, 4.69) is 0 Å². The summed E-state index contributed by atoms with van der Waals surface area (Å²) < 4.78 is 9.54. The number of rotatable bonds is 5. The highest BCUT2D eigenvalue weighted by molar-refractivity contribution is 6.04. The van der Waals surface area contributed by atoms with Gasteiger partial charge in [0.15, 0.2) is 0 Å². The van der Waals surface area contributed by atoms with Crippen molar-refractivity contribution in [2.75, 3.05) is 13.2 Å². The van der Waals surface area contributed by atoms with Crippen molar-refractivity contribution in [3.8, 4) is 0 Å². The lowest BCUT2D eigenvalue weighted by Crippen LogP contribution is -2.46. The van der Waals surface area contributed by atoms with Crippen LogP contribution >= 0.6 is 0 Å². The van der Waals surface area contributed by atoms with Gasteiger partial charge >= 0.3 is 11.9 Å². The summed E-state index contributed by atoms with van der Waals surface area (Å²) in [6, 6.07) is 6.39. The van der Waals surface area contributed by atoms with E-state index < -0.39 is 17.5 Å². The second-order valence-electron chi connectivity index (χ2n) is 4.02. The predicted octanol–water partition coefficient (Wildman–Crippen LogP) is 1.31. The summed E-state index contributed by atoms with van der Waals surface area (Å²) in [6.45, 7) is 5.17. The van der Waals surface area contributed by atoms with Crippen LogP contribution in [0.3, 0.4) is 0 Å². The van der Waals surface area contributed by atoms with Crippen LogP contribution in [-0.2, 0) is 24.7 Å². The molecule has 0 saturated heterocycles. The zero-order valence-electron chi connectivity index (χ0n) is 11.3. The summed E-state index contributed by atoms with van der Waals surface area (Å²) in [6.07, 6.45) is 0. The van der Waals surface area contributed by atoms with Gasteiger partial charge in [-0.05, 0) is 20.8 Å².